The third kappa shape index (κ3) is 5.15. The summed E-state index contributed by atoms with van der Waals surface area (Å²) in [7, 11) is 0. The van der Waals surface area contributed by atoms with E-state index < -0.39 is 0 Å². The number of nitrogens with two attached hydrogens (primary N) is 1. The van der Waals surface area contributed by atoms with E-state index in [0.717, 1.165) is 18.4 Å². The van der Waals surface area contributed by atoms with E-state index in [2.05, 4.69) is 13.8 Å². The molecular formula is C14H24ClNO2. The molecule has 104 valence electrons. The first-order chi connectivity index (χ1) is 8.04. The molecule has 4 heteroatoms. The van der Waals surface area contributed by atoms with E-state index in [-0.39, 0.29) is 24.2 Å². The summed E-state index contributed by atoms with van der Waals surface area (Å²) in [6, 6.07) is 5.36. The van der Waals surface area contributed by atoms with Crippen LogP contribution in [-0.2, 0) is 0 Å². The van der Waals surface area contributed by atoms with Gasteiger partial charge in [0.25, 0.3) is 0 Å². The maximum absolute atomic E-state index is 9.60. The summed E-state index contributed by atoms with van der Waals surface area (Å²) < 4.78 is 5.35. The molecular weight excluding hydrogens is 250 g/mol. The van der Waals surface area contributed by atoms with Crippen molar-refractivity contribution in [3.63, 3.8) is 0 Å². The van der Waals surface area contributed by atoms with E-state index >= 15 is 0 Å². The Bertz CT molecular complexity index is 356. The highest BCUT2D eigenvalue weighted by Gasteiger charge is 2.10. The van der Waals surface area contributed by atoms with Crippen LogP contribution < -0.4 is 10.5 Å². The minimum atomic E-state index is 0. The maximum Gasteiger partial charge on any atom is 0.161 e. The summed E-state index contributed by atoms with van der Waals surface area (Å²) >= 11 is 0. The molecule has 18 heavy (non-hydrogen) atoms. The first-order valence-corrected chi connectivity index (χ1v) is 6.25. The van der Waals surface area contributed by atoms with Crippen molar-refractivity contribution in [1.82, 2.24) is 0 Å². The van der Waals surface area contributed by atoms with E-state index in [1.807, 2.05) is 19.1 Å². The molecule has 0 aliphatic heterocycles. The molecule has 0 aliphatic carbocycles. The van der Waals surface area contributed by atoms with Crippen LogP contribution in [0.5, 0.6) is 11.5 Å². The zero-order valence-electron chi connectivity index (χ0n) is 11.3. The molecule has 1 aromatic carbocycles. The first-order valence-electron chi connectivity index (χ1n) is 6.25. The minimum absolute atomic E-state index is 0. The molecule has 0 radical (unpaired) electrons. The highest BCUT2D eigenvalue weighted by atomic mass is 35.5. The Labute approximate surface area is 116 Å². The van der Waals surface area contributed by atoms with Crippen LogP contribution in [0.4, 0.5) is 0 Å². The number of hydrogen-bond donors (Lipinski definition) is 2. The number of ether oxygens (including phenoxy) is 1. The van der Waals surface area contributed by atoms with Crippen molar-refractivity contribution in [2.75, 3.05) is 6.61 Å². The molecule has 3 nitrogen and oxygen atoms in total. The minimum Gasteiger partial charge on any atom is -0.504 e. The molecule has 1 rings (SSSR count). The maximum atomic E-state index is 9.60. The molecule has 0 unspecified atom stereocenters. The second-order valence-electron chi connectivity index (χ2n) is 4.74. The van der Waals surface area contributed by atoms with Gasteiger partial charge in [0.1, 0.15) is 0 Å². The quantitative estimate of drug-likeness (QED) is 0.832. The molecule has 1 atom stereocenters. The van der Waals surface area contributed by atoms with Gasteiger partial charge in [0.15, 0.2) is 11.5 Å². The summed E-state index contributed by atoms with van der Waals surface area (Å²) in [6.07, 6.45) is 2.06. The molecule has 0 aromatic heterocycles. The third-order valence-corrected chi connectivity index (χ3v) is 2.77. The predicted octanol–water partition coefficient (Wildman–Crippen LogP) is 3.65. The van der Waals surface area contributed by atoms with Crippen molar-refractivity contribution >= 4 is 12.4 Å². The molecule has 0 heterocycles. The van der Waals surface area contributed by atoms with Crippen molar-refractivity contribution < 1.29 is 9.84 Å². The highest BCUT2D eigenvalue weighted by Crippen LogP contribution is 2.30. The van der Waals surface area contributed by atoms with Gasteiger partial charge in [0.05, 0.1) is 6.61 Å². The normalized spacial score (nSPS) is 12.1. The fraction of sp³-hybridized carbons (Fsp3) is 0.571. The zero-order chi connectivity index (χ0) is 12.8. The second kappa shape index (κ2) is 8.22. The van der Waals surface area contributed by atoms with Gasteiger partial charge in [-0.1, -0.05) is 19.9 Å². The lowest BCUT2D eigenvalue weighted by atomic mass is 9.98. The lowest BCUT2D eigenvalue weighted by Gasteiger charge is -2.15. The Hall–Kier alpha value is -0.930. The predicted molar refractivity (Wildman–Crippen MR) is 77.5 cm³/mol. The van der Waals surface area contributed by atoms with Crippen LogP contribution in [0.1, 0.15) is 45.2 Å². The number of phenols is 1. The molecule has 0 bridgehead atoms. The number of phenolic OH excluding ortho intramolecular Hbond substituents is 1. The highest BCUT2D eigenvalue weighted by molar-refractivity contribution is 5.85. The van der Waals surface area contributed by atoms with Gasteiger partial charge >= 0.3 is 0 Å². The number of halogens is 1. The van der Waals surface area contributed by atoms with Gasteiger partial charge in [-0.05, 0) is 43.4 Å². The third-order valence-electron chi connectivity index (χ3n) is 2.77. The Kier molecular flexibility index (Phi) is 7.80. The molecule has 0 aliphatic rings. The van der Waals surface area contributed by atoms with Crippen LogP contribution in [-0.4, -0.2) is 11.7 Å². The van der Waals surface area contributed by atoms with E-state index in [0.29, 0.717) is 18.3 Å². The summed E-state index contributed by atoms with van der Waals surface area (Å²) in [4.78, 5) is 0. The molecule has 0 saturated carbocycles. The van der Waals surface area contributed by atoms with Gasteiger partial charge < -0.3 is 15.6 Å². The number of aromatic hydroxyl groups is 1. The van der Waals surface area contributed by atoms with Crippen molar-refractivity contribution in [2.24, 2.45) is 11.7 Å². The number of rotatable bonds is 6. The van der Waals surface area contributed by atoms with Crippen LogP contribution >= 0.6 is 12.4 Å². The smallest absolute Gasteiger partial charge is 0.161 e. The van der Waals surface area contributed by atoms with E-state index in [1.165, 1.54) is 0 Å². The second-order valence-corrected chi connectivity index (χ2v) is 4.74. The molecule has 0 fully saturated rings. The number of hydrogen-bond acceptors (Lipinski definition) is 3. The molecule has 0 saturated heterocycles. The van der Waals surface area contributed by atoms with Crippen molar-refractivity contribution in [1.29, 1.82) is 0 Å². The van der Waals surface area contributed by atoms with Crippen molar-refractivity contribution in [2.45, 2.75) is 39.7 Å². The average Bonchev–Trinajstić information content (AvgIpc) is 2.29. The fourth-order valence-corrected chi connectivity index (χ4v) is 1.71. The van der Waals surface area contributed by atoms with Crippen LogP contribution in [0, 0.1) is 5.92 Å². The summed E-state index contributed by atoms with van der Waals surface area (Å²) in [5.41, 5.74) is 7.14. The lowest BCUT2D eigenvalue weighted by molar-refractivity contribution is 0.317. The molecule has 0 amide bonds. The standard InChI is InChI=1S/C14H23NO2.ClH/c1-4-17-14-9-11(6-8-13(14)16)12(15)7-5-10(2)3;/h6,8-10,12,16H,4-5,7,15H2,1-3H3;1H/t12-;/m1./s1. The summed E-state index contributed by atoms with van der Waals surface area (Å²) in [5.74, 6) is 1.35. The van der Waals surface area contributed by atoms with E-state index in [9.17, 15) is 5.11 Å². The van der Waals surface area contributed by atoms with Crippen LogP contribution in [0.25, 0.3) is 0 Å². The Morgan fingerprint density at radius 2 is 1.94 bits per heavy atom. The Morgan fingerprint density at radius 3 is 2.50 bits per heavy atom. The SMILES string of the molecule is CCOc1cc([C@H](N)CCC(C)C)ccc1O.Cl. The van der Waals surface area contributed by atoms with Gasteiger partial charge in [-0.3, -0.25) is 0 Å². The first kappa shape index (κ1) is 17.1. The molecule has 0 spiro atoms. The van der Waals surface area contributed by atoms with Crippen molar-refractivity contribution in [3.05, 3.63) is 23.8 Å². The van der Waals surface area contributed by atoms with E-state index in [1.54, 1.807) is 6.07 Å². The summed E-state index contributed by atoms with van der Waals surface area (Å²) in [6.45, 7) is 6.81. The monoisotopic (exact) mass is 273 g/mol. The summed E-state index contributed by atoms with van der Waals surface area (Å²) in [5, 5.41) is 9.60. The zero-order valence-corrected chi connectivity index (χ0v) is 12.2. The number of benzene rings is 1. The van der Waals surface area contributed by atoms with Crippen LogP contribution in [0.15, 0.2) is 18.2 Å². The van der Waals surface area contributed by atoms with Gasteiger partial charge in [-0.15, -0.1) is 12.4 Å². The Balaban J connectivity index is 0.00000289. The lowest BCUT2D eigenvalue weighted by Crippen LogP contribution is -2.11. The van der Waals surface area contributed by atoms with Crippen molar-refractivity contribution in [3.8, 4) is 11.5 Å². The van der Waals surface area contributed by atoms with Crippen LogP contribution in [0.2, 0.25) is 0 Å². The van der Waals surface area contributed by atoms with Gasteiger partial charge in [0, 0.05) is 6.04 Å². The molecule has 3 N–H and O–H groups in total. The van der Waals surface area contributed by atoms with Gasteiger partial charge in [-0.2, -0.15) is 0 Å². The fourth-order valence-electron chi connectivity index (χ4n) is 1.71. The van der Waals surface area contributed by atoms with E-state index in [4.69, 9.17) is 10.5 Å². The van der Waals surface area contributed by atoms with Crippen LogP contribution in [0.3, 0.4) is 0 Å². The molecule has 1 aromatic rings. The average molecular weight is 274 g/mol. The Morgan fingerprint density at radius 1 is 1.28 bits per heavy atom. The largest absolute Gasteiger partial charge is 0.504 e. The topological polar surface area (TPSA) is 55.5 Å². The van der Waals surface area contributed by atoms with Gasteiger partial charge in [-0.25, -0.2) is 0 Å². The van der Waals surface area contributed by atoms with Gasteiger partial charge in [0.2, 0.25) is 0 Å².